The first-order chi connectivity index (χ1) is 12.6. The molecule has 160 valence electrons. The van der Waals surface area contributed by atoms with Crippen LogP contribution in [0, 0.1) is 5.82 Å². The lowest BCUT2D eigenvalue weighted by Crippen LogP contribution is -2.56. The number of hydrogen-bond donors (Lipinski definition) is 2. The Labute approximate surface area is 179 Å². The molecule has 0 aliphatic carbocycles. The van der Waals surface area contributed by atoms with Crippen LogP contribution in [0.4, 0.5) is 17.6 Å². The Morgan fingerprint density at radius 3 is 2.39 bits per heavy atom. The van der Waals surface area contributed by atoms with Crippen molar-refractivity contribution in [3.63, 3.8) is 0 Å². The molecule has 0 aromatic heterocycles. The van der Waals surface area contributed by atoms with Crippen molar-refractivity contribution in [2.45, 2.75) is 32.1 Å². The van der Waals surface area contributed by atoms with Crippen molar-refractivity contribution in [2.24, 2.45) is 4.99 Å². The number of hydrogen-bond acceptors (Lipinski definition) is 3. The van der Waals surface area contributed by atoms with E-state index in [1.54, 1.807) is 7.05 Å². The summed E-state index contributed by atoms with van der Waals surface area (Å²) in [4.78, 5) is 6.35. The van der Waals surface area contributed by atoms with Crippen LogP contribution in [0.5, 0.6) is 0 Å². The minimum atomic E-state index is -4.62. The molecule has 1 fully saturated rings. The average Bonchev–Trinajstić information content (AvgIpc) is 2.62. The first-order valence-electron chi connectivity index (χ1n) is 8.76. The quantitative estimate of drug-likeness (QED) is 0.272. The van der Waals surface area contributed by atoms with Crippen LogP contribution in [0.25, 0.3) is 0 Å². The van der Waals surface area contributed by atoms with Crippen molar-refractivity contribution in [3.8, 4) is 0 Å². The molecule has 0 amide bonds. The van der Waals surface area contributed by atoms with Crippen LogP contribution in [0.2, 0.25) is 0 Å². The van der Waals surface area contributed by atoms with Gasteiger partial charge in [0, 0.05) is 38.8 Å². The van der Waals surface area contributed by atoms with Crippen molar-refractivity contribution in [1.29, 1.82) is 0 Å². The normalized spacial score (nSPS) is 16.5. The summed E-state index contributed by atoms with van der Waals surface area (Å²) < 4.78 is 57.8. The van der Waals surface area contributed by atoms with Crippen molar-refractivity contribution in [2.75, 3.05) is 39.9 Å². The van der Waals surface area contributed by atoms with Gasteiger partial charge >= 0.3 is 6.18 Å². The third kappa shape index (κ3) is 7.03. The molecule has 28 heavy (non-hydrogen) atoms. The summed E-state index contributed by atoms with van der Waals surface area (Å²) in [5.74, 6) is -0.533. The number of nitrogens with zero attached hydrogens (tertiary/aromatic N) is 2. The predicted molar refractivity (Wildman–Crippen MR) is 111 cm³/mol. The Balaban J connectivity index is 0.00000392. The first kappa shape index (κ1) is 24.9. The Morgan fingerprint density at radius 2 is 1.82 bits per heavy atom. The molecule has 1 aromatic rings. The summed E-state index contributed by atoms with van der Waals surface area (Å²) in [6.45, 7) is 7.62. The summed E-state index contributed by atoms with van der Waals surface area (Å²) in [5.41, 5.74) is -1.20. The number of guanidine groups is 1. The highest BCUT2D eigenvalue weighted by Crippen LogP contribution is 2.32. The molecular formula is C18H27F4IN4O. The largest absolute Gasteiger partial charge is 0.416 e. The molecule has 1 aliphatic heterocycles. The molecule has 1 heterocycles. The third-order valence-corrected chi connectivity index (χ3v) is 4.60. The van der Waals surface area contributed by atoms with Gasteiger partial charge in [-0.25, -0.2) is 4.39 Å². The smallest absolute Gasteiger partial charge is 0.379 e. The molecule has 0 unspecified atom stereocenters. The molecule has 1 saturated heterocycles. The molecular weight excluding hydrogens is 491 g/mol. The van der Waals surface area contributed by atoms with E-state index in [1.165, 1.54) is 0 Å². The zero-order valence-electron chi connectivity index (χ0n) is 16.2. The van der Waals surface area contributed by atoms with Crippen LogP contribution in [0.15, 0.2) is 23.2 Å². The van der Waals surface area contributed by atoms with Gasteiger partial charge < -0.3 is 15.4 Å². The summed E-state index contributed by atoms with van der Waals surface area (Å²) in [5, 5.41) is 6.01. The predicted octanol–water partition coefficient (Wildman–Crippen LogP) is 3.24. The minimum absolute atomic E-state index is 0. The molecule has 0 radical (unpaired) electrons. The zero-order valence-corrected chi connectivity index (χ0v) is 18.5. The zero-order chi connectivity index (χ0) is 20.1. The standard InChI is InChI=1S/C18H26F4N4O.HI/c1-17(2,26-6-8-27-9-7-26)12-25-16(23-3)24-11-13-4-5-14(19)10-15(13)18(20,21)22;/h4-5,10H,6-9,11-12H2,1-3H3,(H2,23,24,25);1H. The number of morpholine rings is 1. The van der Waals surface area contributed by atoms with Crippen LogP contribution in [-0.4, -0.2) is 56.3 Å². The maximum Gasteiger partial charge on any atom is 0.416 e. The second-order valence-electron chi connectivity index (χ2n) is 6.99. The molecule has 0 atom stereocenters. The van der Waals surface area contributed by atoms with E-state index in [0.717, 1.165) is 25.2 Å². The fourth-order valence-corrected chi connectivity index (χ4v) is 2.95. The summed E-state index contributed by atoms with van der Waals surface area (Å²) in [7, 11) is 1.55. The molecule has 2 N–H and O–H groups in total. The van der Waals surface area contributed by atoms with Gasteiger partial charge in [0.25, 0.3) is 0 Å². The second kappa shape index (κ2) is 10.6. The molecule has 1 aliphatic rings. The average molecular weight is 518 g/mol. The first-order valence-corrected chi connectivity index (χ1v) is 8.76. The van der Waals surface area contributed by atoms with Crippen LogP contribution in [-0.2, 0) is 17.5 Å². The third-order valence-electron chi connectivity index (χ3n) is 4.60. The van der Waals surface area contributed by atoms with Gasteiger partial charge in [-0.2, -0.15) is 13.2 Å². The van der Waals surface area contributed by atoms with Crippen LogP contribution < -0.4 is 10.6 Å². The molecule has 2 rings (SSSR count). The maximum atomic E-state index is 13.2. The van der Waals surface area contributed by atoms with E-state index >= 15 is 0 Å². The van der Waals surface area contributed by atoms with Gasteiger partial charge in [0.05, 0.1) is 18.8 Å². The van der Waals surface area contributed by atoms with E-state index in [2.05, 4.69) is 34.4 Å². The number of benzene rings is 1. The number of ether oxygens (including phenoxy) is 1. The molecule has 0 bridgehead atoms. The fourth-order valence-electron chi connectivity index (χ4n) is 2.95. The molecule has 0 spiro atoms. The highest BCUT2D eigenvalue weighted by molar-refractivity contribution is 14.0. The van der Waals surface area contributed by atoms with E-state index in [-0.39, 0.29) is 41.6 Å². The Kier molecular flexibility index (Phi) is 9.41. The summed E-state index contributed by atoms with van der Waals surface area (Å²) >= 11 is 0. The van der Waals surface area contributed by atoms with Gasteiger partial charge in [-0.05, 0) is 31.5 Å². The monoisotopic (exact) mass is 518 g/mol. The molecule has 0 saturated carbocycles. The van der Waals surface area contributed by atoms with Crippen molar-refractivity contribution < 1.29 is 22.3 Å². The molecule has 1 aromatic carbocycles. The number of rotatable bonds is 5. The lowest BCUT2D eigenvalue weighted by molar-refractivity contribution is -0.138. The Hall–Kier alpha value is -1.14. The van der Waals surface area contributed by atoms with Crippen LogP contribution in [0.3, 0.4) is 0 Å². The number of alkyl halides is 3. The highest BCUT2D eigenvalue weighted by Gasteiger charge is 2.34. The van der Waals surface area contributed by atoms with Crippen LogP contribution in [0.1, 0.15) is 25.0 Å². The Morgan fingerprint density at radius 1 is 1.18 bits per heavy atom. The summed E-state index contributed by atoms with van der Waals surface area (Å²) in [6, 6.07) is 2.66. The second-order valence-corrected chi connectivity index (χ2v) is 6.99. The lowest BCUT2D eigenvalue weighted by atomic mass is 10.0. The highest BCUT2D eigenvalue weighted by atomic mass is 127. The van der Waals surface area contributed by atoms with Gasteiger partial charge in [0.2, 0.25) is 0 Å². The maximum absolute atomic E-state index is 13.2. The topological polar surface area (TPSA) is 48.9 Å². The number of nitrogens with one attached hydrogen (secondary N) is 2. The Bertz CT molecular complexity index is 661. The van der Waals surface area contributed by atoms with Gasteiger partial charge in [0.15, 0.2) is 5.96 Å². The van der Waals surface area contributed by atoms with E-state index in [4.69, 9.17) is 4.74 Å². The number of halogens is 5. The molecule has 10 heteroatoms. The minimum Gasteiger partial charge on any atom is -0.379 e. The van der Waals surface area contributed by atoms with E-state index in [1.807, 2.05) is 0 Å². The van der Waals surface area contributed by atoms with Crippen molar-refractivity contribution >= 4 is 29.9 Å². The van der Waals surface area contributed by atoms with Crippen molar-refractivity contribution in [3.05, 3.63) is 35.1 Å². The lowest BCUT2D eigenvalue weighted by Gasteiger charge is -2.41. The fraction of sp³-hybridized carbons (Fsp3) is 0.611. The SMILES string of the molecule is CN=C(NCc1ccc(F)cc1C(F)(F)F)NCC(C)(C)N1CCOCC1.I. The molecule has 5 nitrogen and oxygen atoms in total. The van der Waals surface area contributed by atoms with E-state index < -0.39 is 17.6 Å². The van der Waals surface area contributed by atoms with E-state index in [9.17, 15) is 17.6 Å². The van der Waals surface area contributed by atoms with Gasteiger partial charge in [-0.15, -0.1) is 24.0 Å². The van der Waals surface area contributed by atoms with Gasteiger partial charge in [0.1, 0.15) is 5.82 Å². The number of aliphatic imine (C=N–C) groups is 1. The van der Waals surface area contributed by atoms with Gasteiger partial charge in [-0.1, -0.05) is 6.07 Å². The van der Waals surface area contributed by atoms with Gasteiger partial charge in [-0.3, -0.25) is 9.89 Å². The van der Waals surface area contributed by atoms with Crippen molar-refractivity contribution in [1.82, 2.24) is 15.5 Å². The van der Waals surface area contributed by atoms with Crippen LogP contribution >= 0.6 is 24.0 Å². The van der Waals surface area contributed by atoms with E-state index in [0.29, 0.717) is 31.8 Å². The summed E-state index contributed by atoms with van der Waals surface area (Å²) in [6.07, 6.45) is -4.62.